The third-order valence-corrected chi connectivity index (χ3v) is 5.18. The normalized spacial score (nSPS) is 16.3. The van der Waals surface area contributed by atoms with E-state index in [1.54, 1.807) is 0 Å². The summed E-state index contributed by atoms with van der Waals surface area (Å²) >= 11 is 0. The summed E-state index contributed by atoms with van der Waals surface area (Å²) in [4.78, 5) is 18.3. The highest BCUT2D eigenvalue weighted by Gasteiger charge is 2.26. The molecule has 1 aromatic carbocycles. The molecule has 146 valence electrons. The highest BCUT2D eigenvalue weighted by atomic mass is 16.5. The maximum atomic E-state index is 5.56. The molecule has 0 amide bonds. The van der Waals surface area contributed by atoms with Crippen molar-refractivity contribution in [1.29, 1.82) is 0 Å². The fourth-order valence-corrected chi connectivity index (χ4v) is 3.64. The fourth-order valence-electron chi connectivity index (χ4n) is 3.64. The van der Waals surface area contributed by atoms with E-state index in [0.29, 0.717) is 12.3 Å². The Bertz CT molecular complexity index is 897. The van der Waals surface area contributed by atoms with Gasteiger partial charge in [0.25, 0.3) is 0 Å². The van der Waals surface area contributed by atoms with Gasteiger partial charge in [0.1, 0.15) is 11.6 Å². The SMILES string of the molecule is Cc1cc(N2CCN(C(C)c3nc(Cc4ccccc4)no3)CC2)nc(C)n1. The summed E-state index contributed by atoms with van der Waals surface area (Å²) in [5.41, 5.74) is 2.20. The minimum atomic E-state index is 0.105. The van der Waals surface area contributed by atoms with Gasteiger partial charge < -0.3 is 9.42 Å². The quantitative estimate of drug-likeness (QED) is 0.676. The third-order valence-electron chi connectivity index (χ3n) is 5.18. The summed E-state index contributed by atoms with van der Waals surface area (Å²) in [6.45, 7) is 9.79. The van der Waals surface area contributed by atoms with Gasteiger partial charge in [0.15, 0.2) is 5.82 Å². The molecule has 3 aromatic rings. The van der Waals surface area contributed by atoms with Crippen molar-refractivity contribution in [3.8, 4) is 0 Å². The van der Waals surface area contributed by atoms with Crippen molar-refractivity contribution in [1.82, 2.24) is 25.0 Å². The van der Waals surface area contributed by atoms with Gasteiger partial charge in [0, 0.05) is 44.4 Å². The predicted octanol–water partition coefficient (Wildman–Crippen LogP) is 2.95. The van der Waals surface area contributed by atoms with Crippen molar-refractivity contribution in [2.75, 3.05) is 31.1 Å². The van der Waals surface area contributed by atoms with Gasteiger partial charge in [0.2, 0.25) is 5.89 Å². The van der Waals surface area contributed by atoms with Gasteiger partial charge in [-0.05, 0) is 26.3 Å². The molecule has 7 heteroatoms. The first-order valence-corrected chi connectivity index (χ1v) is 9.76. The first kappa shape index (κ1) is 18.6. The Balaban J connectivity index is 1.37. The van der Waals surface area contributed by atoms with Crippen LogP contribution < -0.4 is 4.90 Å². The van der Waals surface area contributed by atoms with Crippen LogP contribution in [-0.4, -0.2) is 51.2 Å². The van der Waals surface area contributed by atoms with Crippen LogP contribution in [0, 0.1) is 13.8 Å². The van der Waals surface area contributed by atoms with Gasteiger partial charge in [-0.3, -0.25) is 4.90 Å². The first-order valence-electron chi connectivity index (χ1n) is 9.76. The molecular formula is C21H26N6O. The Kier molecular flexibility index (Phi) is 5.34. The van der Waals surface area contributed by atoms with Gasteiger partial charge in [-0.15, -0.1) is 0 Å². The molecule has 1 unspecified atom stereocenters. The minimum absolute atomic E-state index is 0.105. The van der Waals surface area contributed by atoms with Crippen LogP contribution in [0.15, 0.2) is 40.9 Å². The molecule has 0 spiro atoms. The lowest BCUT2D eigenvalue weighted by molar-refractivity contribution is 0.164. The van der Waals surface area contributed by atoms with Gasteiger partial charge in [-0.2, -0.15) is 4.98 Å². The molecule has 0 aliphatic carbocycles. The van der Waals surface area contributed by atoms with Crippen molar-refractivity contribution >= 4 is 5.82 Å². The zero-order valence-corrected chi connectivity index (χ0v) is 16.7. The van der Waals surface area contributed by atoms with E-state index in [-0.39, 0.29) is 6.04 Å². The van der Waals surface area contributed by atoms with E-state index in [4.69, 9.17) is 4.52 Å². The topological polar surface area (TPSA) is 71.2 Å². The third kappa shape index (κ3) is 4.20. The van der Waals surface area contributed by atoms with Crippen LogP contribution in [0.4, 0.5) is 5.82 Å². The zero-order chi connectivity index (χ0) is 19.5. The number of rotatable bonds is 5. The molecule has 1 aliphatic rings. The highest BCUT2D eigenvalue weighted by Crippen LogP contribution is 2.23. The lowest BCUT2D eigenvalue weighted by Crippen LogP contribution is -2.47. The van der Waals surface area contributed by atoms with E-state index in [0.717, 1.165) is 49.3 Å². The smallest absolute Gasteiger partial charge is 0.243 e. The predicted molar refractivity (Wildman–Crippen MR) is 107 cm³/mol. The zero-order valence-electron chi connectivity index (χ0n) is 16.7. The highest BCUT2D eigenvalue weighted by molar-refractivity contribution is 5.40. The second-order valence-corrected chi connectivity index (χ2v) is 7.32. The number of nitrogens with zero attached hydrogens (tertiary/aromatic N) is 6. The Morgan fingerprint density at radius 3 is 2.46 bits per heavy atom. The maximum absolute atomic E-state index is 5.56. The molecule has 7 nitrogen and oxygen atoms in total. The lowest BCUT2D eigenvalue weighted by atomic mass is 10.1. The average molecular weight is 378 g/mol. The molecule has 28 heavy (non-hydrogen) atoms. The van der Waals surface area contributed by atoms with Crippen LogP contribution in [0.5, 0.6) is 0 Å². The molecule has 0 radical (unpaired) electrons. The lowest BCUT2D eigenvalue weighted by Gasteiger charge is -2.37. The van der Waals surface area contributed by atoms with Crippen LogP contribution in [0.2, 0.25) is 0 Å². The Morgan fingerprint density at radius 1 is 1.00 bits per heavy atom. The van der Waals surface area contributed by atoms with Crippen LogP contribution in [0.25, 0.3) is 0 Å². The van der Waals surface area contributed by atoms with E-state index in [9.17, 15) is 0 Å². The van der Waals surface area contributed by atoms with Crippen molar-refractivity contribution < 1.29 is 4.52 Å². The molecular weight excluding hydrogens is 352 g/mol. The van der Waals surface area contributed by atoms with Crippen LogP contribution in [0.3, 0.4) is 0 Å². The number of benzene rings is 1. The van der Waals surface area contributed by atoms with Crippen LogP contribution >= 0.6 is 0 Å². The molecule has 2 aromatic heterocycles. The van der Waals surface area contributed by atoms with Gasteiger partial charge in [0.05, 0.1) is 6.04 Å². The maximum Gasteiger partial charge on any atom is 0.243 e. The van der Waals surface area contributed by atoms with Crippen LogP contribution in [-0.2, 0) is 6.42 Å². The number of aryl methyl sites for hydroxylation is 2. The molecule has 0 N–H and O–H groups in total. The number of aromatic nitrogens is 4. The second-order valence-electron chi connectivity index (χ2n) is 7.32. The number of hydrogen-bond acceptors (Lipinski definition) is 7. The summed E-state index contributed by atoms with van der Waals surface area (Å²) in [6.07, 6.45) is 0.692. The van der Waals surface area contributed by atoms with Crippen molar-refractivity contribution in [2.45, 2.75) is 33.2 Å². The summed E-state index contributed by atoms with van der Waals surface area (Å²) in [5.74, 6) is 3.26. The van der Waals surface area contributed by atoms with E-state index < -0.39 is 0 Å². The van der Waals surface area contributed by atoms with E-state index >= 15 is 0 Å². The molecule has 1 saturated heterocycles. The average Bonchev–Trinajstić information content (AvgIpc) is 3.16. The monoisotopic (exact) mass is 378 g/mol. The second kappa shape index (κ2) is 8.06. The molecule has 0 saturated carbocycles. The van der Waals surface area contributed by atoms with Crippen molar-refractivity contribution in [3.05, 3.63) is 65.2 Å². The van der Waals surface area contributed by atoms with Crippen molar-refractivity contribution in [3.63, 3.8) is 0 Å². The molecule has 1 aliphatic heterocycles. The molecule has 1 atom stereocenters. The molecule has 4 rings (SSSR count). The van der Waals surface area contributed by atoms with E-state index in [1.807, 2.05) is 32.0 Å². The van der Waals surface area contributed by atoms with E-state index in [1.165, 1.54) is 5.56 Å². The number of anilines is 1. The summed E-state index contributed by atoms with van der Waals surface area (Å²) < 4.78 is 5.56. The van der Waals surface area contributed by atoms with Gasteiger partial charge in [-0.25, -0.2) is 9.97 Å². The first-order chi connectivity index (χ1) is 13.6. The Hall–Kier alpha value is -2.80. The Morgan fingerprint density at radius 2 is 1.75 bits per heavy atom. The summed E-state index contributed by atoms with van der Waals surface area (Å²) in [6, 6.07) is 12.4. The molecule has 0 bridgehead atoms. The standard InChI is InChI=1S/C21H26N6O/c1-15-13-20(23-17(3)22-15)27-11-9-26(10-12-27)16(2)21-24-19(25-28-21)14-18-7-5-4-6-8-18/h4-8,13,16H,9-12,14H2,1-3H3. The molecule has 1 fully saturated rings. The van der Waals surface area contributed by atoms with Crippen molar-refractivity contribution in [2.24, 2.45) is 0 Å². The summed E-state index contributed by atoms with van der Waals surface area (Å²) in [5, 5.41) is 4.17. The number of piperazine rings is 1. The van der Waals surface area contributed by atoms with Gasteiger partial charge >= 0.3 is 0 Å². The number of hydrogen-bond donors (Lipinski definition) is 0. The largest absolute Gasteiger partial charge is 0.354 e. The fraction of sp³-hybridized carbons (Fsp3) is 0.429. The Labute approximate surface area is 165 Å². The molecule has 3 heterocycles. The van der Waals surface area contributed by atoms with E-state index in [2.05, 4.69) is 55.0 Å². The van der Waals surface area contributed by atoms with Gasteiger partial charge in [-0.1, -0.05) is 35.5 Å². The minimum Gasteiger partial charge on any atom is -0.354 e. The van der Waals surface area contributed by atoms with Crippen LogP contribution in [0.1, 0.15) is 41.8 Å². The summed E-state index contributed by atoms with van der Waals surface area (Å²) in [7, 11) is 0.